The Hall–Kier alpha value is -1.82. The first-order valence-electron chi connectivity index (χ1n) is 20.8. The van der Waals surface area contributed by atoms with Crippen LogP contribution in [0.4, 0.5) is 4.39 Å². The second kappa shape index (κ2) is 18.0. The van der Waals surface area contributed by atoms with Crippen molar-refractivity contribution in [2.75, 3.05) is 14.2 Å². The smallest absolute Gasteiger partial charge is 0.311 e. The minimum atomic E-state index is -1.82. The first-order chi connectivity index (χ1) is 26.6. The number of aliphatic hydroxyl groups excluding tert-OH is 3. The number of rotatable bonds is 11. The Morgan fingerprint density at radius 1 is 1.02 bits per heavy atom. The number of benzene rings is 1. The zero-order chi connectivity index (χ0) is 42.4. The molecule has 0 aromatic heterocycles. The molecule has 326 valence electrons. The van der Waals surface area contributed by atoms with Gasteiger partial charge < -0.3 is 53.6 Å². The number of hydrogen-bond acceptors (Lipinski definition) is 13. The number of carbonyl (C=O) groups is 1. The molecule has 14 heteroatoms. The lowest BCUT2D eigenvalue weighted by molar-refractivity contribution is -0.318. The molecule has 2 bridgehead atoms. The first kappa shape index (κ1) is 46.2. The van der Waals surface area contributed by atoms with Gasteiger partial charge in [0.25, 0.3) is 0 Å². The summed E-state index contributed by atoms with van der Waals surface area (Å²) in [6, 6.07) is 5.90. The van der Waals surface area contributed by atoms with Gasteiger partial charge in [0, 0.05) is 38.0 Å². The van der Waals surface area contributed by atoms with E-state index in [-0.39, 0.29) is 36.7 Å². The SMILES string of the molecule is CC[C@@H](O)[C@@](C)(O)[C@@H]1OC(=O)[C@H](C)[C@@H](O[C@H]2CC(C)(OC)[C@@H](O)C(C)O2)[C@H](C)[C@@H](O[C@@H]2OC(C)CC(N(C)Cc3ccc(F)cc3)C2O)C2(C)CC(C)C(O2)[C@@H]1C. The molecular weight excluding hydrogens is 741 g/mol. The summed E-state index contributed by atoms with van der Waals surface area (Å²) in [5.74, 6) is -3.22. The minimum absolute atomic E-state index is 0.104. The summed E-state index contributed by atoms with van der Waals surface area (Å²) >= 11 is 0. The molecule has 0 amide bonds. The van der Waals surface area contributed by atoms with Crippen molar-refractivity contribution in [1.82, 2.24) is 4.90 Å². The van der Waals surface area contributed by atoms with Gasteiger partial charge in [-0.2, -0.15) is 0 Å². The number of nitrogens with zero attached hydrogens (tertiary/aromatic N) is 1. The fourth-order valence-electron chi connectivity index (χ4n) is 10.1. The molecule has 57 heavy (non-hydrogen) atoms. The van der Waals surface area contributed by atoms with Gasteiger partial charge in [-0.25, -0.2) is 4.39 Å². The van der Waals surface area contributed by atoms with Gasteiger partial charge in [0.05, 0.1) is 53.7 Å². The van der Waals surface area contributed by atoms with Crippen LogP contribution in [-0.2, 0) is 44.5 Å². The molecule has 4 heterocycles. The molecule has 1 aromatic carbocycles. The summed E-state index contributed by atoms with van der Waals surface area (Å²) in [6.07, 6.45) is -8.25. The predicted octanol–water partition coefficient (Wildman–Crippen LogP) is 4.33. The van der Waals surface area contributed by atoms with Crippen molar-refractivity contribution in [3.05, 3.63) is 35.6 Å². The third kappa shape index (κ3) is 9.57. The van der Waals surface area contributed by atoms with Crippen LogP contribution < -0.4 is 0 Å². The molecule has 4 N–H and O–H groups in total. The molecule has 0 spiro atoms. The highest BCUT2D eigenvalue weighted by atomic mass is 19.1. The van der Waals surface area contributed by atoms with Gasteiger partial charge in [-0.3, -0.25) is 9.69 Å². The lowest BCUT2D eigenvalue weighted by Gasteiger charge is -2.48. The monoisotopic (exact) mass is 811 g/mol. The highest BCUT2D eigenvalue weighted by Gasteiger charge is 2.59. The van der Waals surface area contributed by atoms with Crippen molar-refractivity contribution in [3.8, 4) is 0 Å². The van der Waals surface area contributed by atoms with Crippen LogP contribution in [0, 0.1) is 29.5 Å². The molecule has 0 saturated carbocycles. The summed E-state index contributed by atoms with van der Waals surface area (Å²) in [7, 11) is 3.43. The maximum Gasteiger partial charge on any atom is 0.311 e. The Bertz CT molecular complexity index is 1490. The van der Waals surface area contributed by atoms with Crippen LogP contribution >= 0.6 is 0 Å². The average molecular weight is 812 g/mol. The molecule has 8 unspecified atom stereocenters. The van der Waals surface area contributed by atoms with Crippen molar-refractivity contribution < 1.29 is 62.8 Å². The van der Waals surface area contributed by atoms with Gasteiger partial charge in [0.1, 0.15) is 29.7 Å². The number of methoxy groups -OCH3 is 1. The Morgan fingerprint density at radius 3 is 2.28 bits per heavy atom. The number of fused-ring (bicyclic) bond motifs is 2. The fourth-order valence-corrected chi connectivity index (χ4v) is 10.1. The van der Waals surface area contributed by atoms with E-state index < -0.39 is 102 Å². The number of esters is 1. The maximum absolute atomic E-state index is 14.4. The third-order valence-corrected chi connectivity index (χ3v) is 13.6. The predicted molar refractivity (Wildman–Crippen MR) is 208 cm³/mol. The van der Waals surface area contributed by atoms with Crippen LogP contribution in [0.1, 0.15) is 100 Å². The van der Waals surface area contributed by atoms with E-state index in [0.29, 0.717) is 19.4 Å². The molecule has 13 nitrogen and oxygen atoms in total. The molecule has 5 rings (SSSR count). The number of aliphatic hydroxyl groups is 4. The molecule has 4 aliphatic heterocycles. The fraction of sp³-hybridized carbons (Fsp3) is 0.837. The summed E-state index contributed by atoms with van der Waals surface area (Å²) in [6.45, 7) is 18.6. The molecular formula is C43H70FNO12. The molecule has 4 fully saturated rings. The van der Waals surface area contributed by atoms with Crippen LogP contribution in [0.2, 0.25) is 0 Å². The largest absolute Gasteiger partial charge is 0.459 e. The standard InChI is InChI=1S/C43H70FNO12/c1-13-31(46)43(10,50)38-24(4)34-22(2)19-42(9,57-34)37(56-40-33(47)30(18-23(3)52-40)45(11)21-28-14-16-29(44)17-15-28)25(5)35(26(6)39(49)55-38)54-32-20-41(8,51-12)36(48)27(7)53-32/h14-17,22-27,30-38,40,46-48,50H,13,18-21H2,1-12H3/t22?,23?,24-,25-,26+,27?,30?,31+,32-,33?,34?,35-,36-,37+,38+,40-,41?,42?,43+/m0/s1. The highest BCUT2D eigenvalue weighted by Crippen LogP contribution is 2.48. The number of halogens is 1. The number of likely N-dealkylation sites (N-methyl/N-ethyl adjacent to an activating group) is 1. The van der Waals surface area contributed by atoms with Gasteiger partial charge >= 0.3 is 5.97 Å². The second-order valence-corrected chi connectivity index (χ2v) is 18.3. The zero-order valence-electron chi connectivity index (χ0n) is 36.0. The van der Waals surface area contributed by atoms with Gasteiger partial charge in [-0.05, 0) is 91.5 Å². The van der Waals surface area contributed by atoms with E-state index in [4.69, 9.17) is 33.2 Å². The number of hydrogen-bond donors (Lipinski definition) is 4. The normalized spacial score (nSPS) is 44.9. The number of cyclic esters (lactones) is 1. The third-order valence-electron chi connectivity index (χ3n) is 13.6. The van der Waals surface area contributed by atoms with Crippen molar-refractivity contribution >= 4 is 5.97 Å². The van der Waals surface area contributed by atoms with Gasteiger partial charge in [-0.1, -0.05) is 39.8 Å². The van der Waals surface area contributed by atoms with E-state index in [2.05, 4.69) is 0 Å². The second-order valence-electron chi connectivity index (χ2n) is 18.3. The summed E-state index contributed by atoms with van der Waals surface area (Å²) in [5, 5.41) is 45.9. The van der Waals surface area contributed by atoms with Crippen molar-refractivity contribution in [3.63, 3.8) is 0 Å². The lowest BCUT2D eigenvalue weighted by Crippen LogP contribution is -2.60. The van der Waals surface area contributed by atoms with E-state index in [1.807, 2.05) is 46.6 Å². The Balaban J connectivity index is 1.55. The summed E-state index contributed by atoms with van der Waals surface area (Å²) in [4.78, 5) is 16.4. The van der Waals surface area contributed by atoms with Gasteiger partial charge in [-0.15, -0.1) is 0 Å². The van der Waals surface area contributed by atoms with Crippen molar-refractivity contribution in [1.29, 1.82) is 0 Å². The number of carbonyl (C=O) groups excluding carboxylic acids is 1. The van der Waals surface area contributed by atoms with Gasteiger partial charge in [0.2, 0.25) is 0 Å². The summed E-state index contributed by atoms with van der Waals surface area (Å²) in [5.41, 5.74) is -2.96. The van der Waals surface area contributed by atoms with E-state index in [1.165, 1.54) is 26.2 Å². The van der Waals surface area contributed by atoms with Crippen LogP contribution in [0.5, 0.6) is 0 Å². The van der Waals surface area contributed by atoms with E-state index in [9.17, 15) is 29.6 Å². The van der Waals surface area contributed by atoms with Crippen LogP contribution in [-0.4, -0.2) is 136 Å². The summed E-state index contributed by atoms with van der Waals surface area (Å²) < 4.78 is 59.2. The Morgan fingerprint density at radius 2 is 1.67 bits per heavy atom. The highest BCUT2D eigenvalue weighted by molar-refractivity contribution is 5.73. The molecule has 0 aliphatic carbocycles. The molecule has 4 aliphatic rings. The lowest BCUT2D eigenvalue weighted by atomic mass is 9.76. The molecule has 1 aromatic rings. The minimum Gasteiger partial charge on any atom is -0.459 e. The van der Waals surface area contributed by atoms with Crippen LogP contribution in [0.3, 0.4) is 0 Å². The molecule has 4 saturated heterocycles. The molecule has 19 atom stereocenters. The maximum atomic E-state index is 14.4. The van der Waals surface area contributed by atoms with Crippen molar-refractivity contribution in [2.45, 2.75) is 192 Å². The first-order valence-corrected chi connectivity index (χ1v) is 20.8. The van der Waals surface area contributed by atoms with Crippen LogP contribution in [0.25, 0.3) is 0 Å². The number of ether oxygens (including phenoxy) is 7. The van der Waals surface area contributed by atoms with Crippen LogP contribution in [0.15, 0.2) is 24.3 Å². The quantitative estimate of drug-likeness (QED) is 0.234. The zero-order valence-corrected chi connectivity index (χ0v) is 36.0. The Labute approximate surface area is 338 Å². The van der Waals surface area contributed by atoms with E-state index >= 15 is 0 Å². The van der Waals surface area contributed by atoms with Gasteiger partial charge in [0.15, 0.2) is 12.6 Å². The Kier molecular flexibility index (Phi) is 14.6. The molecule has 0 radical (unpaired) electrons. The van der Waals surface area contributed by atoms with E-state index in [0.717, 1.165) is 5.56 Å². The topological polar surface area (TPSA) is 166 Å². The van der Waals surface area contributed by atoms with E-state index in [1.54, 1.807) is 39.8 Å². The average Bonchev–Trinajstić information content (AvgIpc) is 3.48. The van der Waals surface area contributed by atoms with Crippen molar-refractivity contribution in [2.24, 2.45) is 23.7 Å².